The Morgan fingerprint density at radius 1 is 1.25 bits per heavy atom. The van der Waals surface area contributed by atoms with Gasteiger partial charge in [-0.25, -0.2) is 0 Å². The van der Waals surface area contributed by atoms with E-state index in [2.05, 4.69) is 26.1 Å². The Hall–Kier alpha value is -0.0800. The zero-order chi connectivity index (χ0) is 11.8. The second-order valence-electron chi connectivity index (χ2n) is 5.26. The van der Waals surface area contributed by atoms with Gasteiger partial charge < -0.3 is 10.1 Å². The van der Waals surface area contributed by atoms with Gasteiger partial charge in [0.25, 0.3) is 0 Å². The quantitative estimate of drug-likeness (QED) is 0.641. The molecule has 1 fully saturated rings. The molecule has 16 heavy (non-hydrogen) atoms. The first-order valence-electron chi connectivity index (χ1n) is 7.11. The summed E-state index contributed by atoms with van der Waals surface area (Å²) in [7, 11) is 0. The number of rotatable bonds is 8. The average molecular weight is 227 g/mol. The molecule has 1 aliphatic rings. The molecule has 0 aromatic carbocycles. The van der Waals surface area contributed by atoms with E-state index in [1.165, 1.54) is 44.9 Å². The number of unbranched alkanes of at least 4 members (excludes halogenated alkanes) is 3. The Morgan fingerprint density at radius 2 is 2.06 bits per heavy atom. The maximum absolute atomic E-state index is 5.70. The van der Waals surface area contributed by atoms with Gasteiger partial charge in [-0.05, 0) is 33.1 Å². The van der Waals surface area contributed by atoms with Crippen molar-refractivity contribution in [1.82, 2.24) is 5.32 Å². The minimum absolute atomic E-state index is 0.457. The molecule has 0 aliphatic carbocycles. The first-order valence-corrected chi connectivity index (χ1v) is 7.11. The minimum Gasteiger partial charge on any atom is -0.377 e. The van der Waals surface area contributed by atoms with E-state index >= 15 is 0 Å². The normalized spacial score (nSPS) is 24.6. The van der Waals surface area contributed by atoms with E-state index in [0.29, 0.717) is 18.2 Å². The summed E-state index contributed by atoms with van der Waals surface area (Å²) in [5.74, 6) is 0. The molecule has 0 radical (unpaired) electrons. The largest absolute Gasteiger partial charge is 0.377 e. The molecule has 0 aromatic heterocycles. The first-order chi connectivity index (χ1) is 7.74. The van der Waals surface area contributed by atoms with E-state index in [1.807, 2.05) is 0 Å². The second kappa shape index (κ2) is 8.08. The van der Waals surface area contributed by atoms with Crippen molar-refractivity contribution in [3.05, 3.63) is 0 Å². The molecule has 0 amide bonds. The summed E-state index contributed by atoms with van der Waals surface area (Å²) in [4.78, 5) is 0. The van der Waals surface area contributed by atoms with Crippen molar-refractivity contribution in [2.45, 2.75) is 83.9 Å². The van der Waals surface area contributed by atoms with Crippen LogP contribution in [-0.2, 0) is 4.74 Å². The standard InChI is InChI=1S/C14H29NO/c1-4-5-6-7-9-12(2)15-13(3)14-10-8-11-16-14/h12-15H,4-11H2,1-3H3. The van der Waals surface area contributed by atoms with Crippen molar-refractivity contribution in [1.29, 1.82) is 0 Å². The van der Waals surface area contributed by atoms with E-state index in [4.69, 9.17) is 4.74 Å². The second-order valence-corrected chi connectivity index (χ2v) is 5.26. The maximum Gasteiger partial charge on any atom is 0.0726 e. The number of nitrogens with one attached hydrogen (secondary N) is 1. The van der Waals surface area contributed by atoms with E-state index in [9.17, 15) is 0 Å². The van der Waals surface area contributed by atoms with Crippen LogP contribution < -0.4 is 5.32 Å². The number of hydrogen-bond donors (Lipinski definition) is 1. The predicted molar refractivity (Wildman–Crippen MR) is 69.8 cm³/mol. The highest BCUT2D eigenvalue weighted by Crippen LogP contribution is 2.16. The Kier molecular flexibility index (Phi) is 7.06. The fraction of sp³-hybridized carbons (Fsp3) is 1.00. The average Bonchev–Trinajstić information content (AvgIpc) is 2.77. The third-order valence-corrected chi connectivity index (χ3v) is 3.56. The lowest BCUT2D eigenvalue weighted by atomic mass is 10.1. The van der Waals surface area contributed by atoms with Gasteiger partial charge in [0.05, 0.1) is 6.10 Å². The van der Waals surface area contributed by atoms with Gasteiger partial charge in [0, 0.05) is 18.7 Å². The van der Waals surface area contributed by atoms with Crippen molar-refractivity contribution in [2.75, 3.05) is 6.61 Å². The van der Waals surface area contributed by atoms with Gasteiger partial charge in [-0.2, -0.15) is 0 Å². The maximum atomic E-state index is 5.70. The molecule has 0 aromatic rings. The van der Waals surface area contributed by atoms with Crippen LogP contribution in [0, 0.1) is 0 Å². The summed E-state index contributed by atoms with van der Waals surface area (Å²) in [5.41, 5.74) is 0. The van der Waals surface area contributed by atoms with E-state index in [-0.39, 0.29) is 0 Å². The van der Waals surface area contributed by atoms with Crippen molar-refractivity contribution in [2.24, 2.45) is 0 Å². The topological polar surface area (TPSA) is 21.3 Å². The molecule has 2 heteroatoms. The van der Waals surface area contributed by atoms with Crippen LogP contribution in [0.5, 0.6) is 0 Å². The molecule has 0 bridgehead atoms. The van der Waals surface area contributed by atoms with Crippen LogP contribution in [0.2, 0.25) is 0 Å². The van der Waals surface area contributed by atoms with Crippen LogP contribution in [0.25, 0.3) is 0 Å². The minimum atomic E-state index is 0.457. The monoisotopic (exact) mass is 227 g/mol. The van der Waals surface area contributed by atoms with Crippen molar-refractivity contribution < 1.29 is 4.74 Å². The Bertz CT molecular complexity index is 166. The number of ether oxygens (including phenoxy) is 1. The van der Waals surface area contributed by atoms with Crippen LogP contribution in [0.1, 0.15) is 65.7 Å². The van der Waals surface area contributed by atoms with Crippen molar-refractivity contribution >= 4 is 0 Å². The van der Waals surface area contributed by atoms with E-state index in [0.717, 1.165) is 6.61 Å². The molecule has 1 N–H and O–H groups in total. The third-order valence-electron chi connectivity index (χ3n) is 3.56. The zero-order valence-corrected chi connectivity index (χ0v) is 11.3. The Balaban J connectivity index is 2.05. The summed E-state index contributed by atoms with van der Waals surface area (Å²) >= 11 is 0. The molecule has 0 spiro atoms. The van der Waals surface area contributed by atoms with Gasteiger partial charge in [-0.15, -0.1) is 0 Å². The molecule has 1 aliphatic heterocycles. The molecule has 1 rings (SSSR count). The molecular formula is C14H29NO. The number of hydrogen-bond acceptors (Lipinski definition) is 2. The zero-order valence-electron chi connectivity index (χ0n) is 11.3. The fourth-order valence-corrected chi connectivity index (χ4v) is 2.51. The van der Waals surface area contributed by atoms with E-state index < -0.39 is 0 Å². The molecule has 3 unspecified atom stereocenters. The Labute approximate surface area is 101 Å². The summed E-state index contributed by atoms with van der Waals surface area (Å²) in [5, 5.41) is 3.67. The summed E-state index contributed by atoms with van der Waals surface area (Å²) < 4.78 is 5.70. The molecule has 2 nitrogen and oxygen atoms in total. The van der Waals surface area contributed by atoms with Gasteiger partial charge in [-0.1, -0.05) is 32.6 Å². The summed E-state index contributed by atoms with van der Waals surface area (Å²) in [6, 6.07) is 1.15. The lowest BCUT2D eigenvalue weighted by Gasteiger charge is -2.24. The predicted octanol–water partition coefficient (Wildman–Crippen LogP) is 3.50. The van der Waals surface area contributed by atoms with Gasteiger partial charge in [0.2, 0.25) is 0 Å². The highest BCUT2D eigenvalue weighted by atomic mass is 16.5. The molecule has 1 saturated heterocycles. The molecule has 3 atom stereocenters. The smallest absolute Gasteiger partial charge is 0.0726 e. The van der Waals surface area contributed by atoms with Crippen LogP contribution in [-0.4, -0.2) is 24.8 Å². The highest BCUT2D eigenvalue weighted by Gasteiger charge is 2.22. The van der Waals surface area contributed by atoms with Crippen LogP contribution in [0.3, 0.4) is 0 Å². The lowest BCUT2D eigenvalue weighted by Crippen LogP contribution is -2.42. The molecule has 0 saturated carbocycles. The van der Waals surface area contributed by atoms with Crippen molar-refractivity contribution in [3.63, 3.8) is 0 Å². The highest BCUT2D eigenvalue weighted by molar-refractivity contribution is 4.78. The van der Waals surface area contributed by atoms with Gasteiger partial charge >= 0.3 is 0 Å². The SMILES string of the molecule is CCCCCCC(C)NC(C)C1CCCO1. The lowest BCUT2D eigenvalue weighted by molar-refractivity contribution is 0.0799. The molecule has 1 heterocycles. The third kappa shape index (κ3) is 5.31. The van der Waals surface area contributed by atoms with Crippen LogP contribution >= 0.6 is 0 Å². The van der Waals surface area contributed by atoms with E-state index in [1.54, 1.807) is 0 Å². The first kappa shape index (κ1) is 14.0. The van der Waals surface area contributed by atoms with Gasteiger partial charge in [-0.3, -0.25) is 0 Å². The van der Waals surface area contributed by atoms with Gasteiger partial charge in [0.1, 0.15) is 0 Å². The van der Waals surface area contributed by atoms with Crippen molar-refractivity contribution in [3.8, 4) is 0 Å². The summed E-state index contributed by atoms with van der Waals surface area (Å²) in [6.45, 7) is 7.79. The van der Waals surface area contributed by atoms with Crippen LogP contribution in [0.4, 0.5) is 0 Å². The molecular weight excluding hydrogens is 198 g/mol. The van der Waals surface area contributed by atoms with Gasteiger partial charge in [0.15, 0.2) is 0 Å². The molecule has 96 valence electrons. The Morgan fingerprint density at radius 3 is 2.69 bits per heavy atom. The van der Waals surface area contributed by atoms with Crippen LogP contribution in [0.15, 0.2) is 0 Å². The fourth-order valence-electron chi connectivity index (χ4n) is 2.51. The summed E-state index contributed by atoms with van der Waals surface area (Å²) in [6.07, 6.45) is 9.69.